The fourth-order valence-corrected chi connectivity index (χ4v) is 2.22. The average molecular weight is 325 g/mol. The molecule has 0 unspecified atom stereocenters. The van der Waals surface area contributed by atoms with Crippen molar-refractivity contribution in [2.24, 2.45) is 11.1 Å². The van der Waals surface area contributed by atoms with Crippen LogP contribution in [0.4, 0.5) is 5.69 Å². The number of anilines is 1. The Morgan fingerprint density at radius 3 is 2.36 bits per heavy atom. The van der Waals surface area contributed by atoms with Crippen LogP contribution in [0.25, 0.3) is 11.4 Å². The molecule has 6 nitrogen and oxygen atoms in total. The Hall–Kier alpha value is -1.92. The van der Waals surface area contributed by atoms with Gasteiger partial charge >= 0.3 is 0 Å². The van der Waals surface area contributed by atoms with Gasteiger partial charge in [0, 0.05) is 17.8 Å². The highest BCUT2D eigenvalue weighted by Crippen LogP contribution is 2.27. The summed E-state index contributed by atoms with van der Waals surface area (Å²) < 4.78 is 4.71. The van der Waals surface area contributed by atoms with Gasteiger partial charge < -0.3 is 15.6 Å². The highest BCUT2D eigenvalue weighted by Gasteiger charge is 2.33. The maximum Gasteiger partial charge on any atom is 0.231 e. The van der Waals surface area contributed by atoms with E-state index in [1.165, 1.54) is 6.39 Å². The normalized spacial score (nSPS) is 10.9. The molecule has 1 aromatic carbocycles. The van der Waals surface area contributed by atoms with Crippen LogP contribution in [0.3, 0.4) is 0 Å². The topological polar surface area (TPSA) is 94.0 Å². The summed E-state index contributed by atoms with van der Waals surface area (Å²) in [5, 5.41) is 6.69. The molecule has 2 rings (SSSR count). The van der Waals surface area contributed by atoms with E-state index >= 15 is 0 Å². The molecule has 2 aromatic rings. The molecule has 1 amide bonds. The number of amides is 1. The largest absolute Gasteiger partial charge is 0.342 e. The number of hydrogen-bond acceptors (Lipinski definition) is 5. The van der Waals surface area contributed by atoms with Crippen molar-refractivity contribution >= 4 is 24.0 Å². The summed E-state index contributed by atoms with van der Waals surface area (Å²) >= 11 is 0. The molecule has 0 saturated heterocycles. The quantitative estimate of drug-likeness (QED) is 0.852. The molecule has 0 aliphatic rings. The van der Waals surface area contributed by atoms with Gasteiger partial charge in [0.2, 0.25) is 18.1 Å². The molecule has 0 aliphatic carbocycles. The number of carbonyl (C=O) groups is 1. The Bertz CT molecular complexity index is 572. The first-order valence-corrected chi connectivity index (χ1v) is 7.03. The summed E-state index contributed by atoms with van der Waals surface area (Å²) in [6.45, 7) is 4.30. The molecule has 120 valence electrons. The minimum absolute atomic E-state index is 0. The second kappa shape index (κ2) is 7.91. The van der Waals surface area contributed by atoms with Crippen molar-refractivity contribution < 1.29 is 9.32 Å². The smallest absolute Gasteiger partial charge is 0.231 e. The molecule has 1 heterocycles. The molecule has 0 saturated carbocycles. The molecular weight excluding hydrogens is 304 g/mol. The van der Waals surface area contributed by atoms with Gasteiger partial charge in [0.1, 0.15) is 0 Å². The van der Waals surface area contributed by atoms with Crippen LogP contribution in [0.1, 0.15) is 26.7 Å². The van der Waals surface area contributed by atoms with Gasteiger partial charge in [-0.2, -0.15) is 4.98 Å². The van der Waals surface area contributed by atoms with Gasteiger partial charge in [0.05, 0.1) is 5.41 Å². The average Bonchev–Trinajstić information content (AvgIpc) is 3.05. The first-order valence-electron chi connectivity index (χ1n) is 7.03. The van der Waals surface area contributed by atoms with Crippen molar-refractivity contribution in [3.8, 4) is 11.4 Å². The number of halogens is 1. The Kier molecular flexibility index (Phi) is 6.52. The Morgan fingerprint density at radius 1 is 1.27 bits per heavy atom. The van der Waals surface area contributed by atoms with Gasteiger partial charge in [0.25, 0.3) is 0 Å². The maximum absolute atomic E-state index is 12.4. The molecule has 0 fully saturated rings. The van der Waals surface area contributed by atoms with Gasteiger partial charge in [-0.15, -0.1) is 12.4 Å². The van der Waals surface area contributed by atoms with E-state index in [4.69, 9.17) is 10.3 Å². The van der Waals surface area contributed by atoms with Gasteiger partial charge in [-0.1, -0.05) is 19.0 Å². The zero-order valence-electron chi connectivity index (χ0n) is 12.7. The summed E-state index contributed by atoms with van der Waals surface area (Å²) in [5.74, 6) is 0.480. The predicted octanol–water partition coefficient (Wildman–Crippen LogP) is 2.86. The lowest BCUT2D eigenvalue weighted by atomic mass is 9.81. The van der Waals surface area contributed by atoms with E-state index in [9.17, 15) is 4.79 Å². The van der Waals surface area contributed by atoms with Crippen molar-refractivity contribution in [3.63, 3.8) is 0 Å². The zero-order valence-corrected chi connectivity index (χ0v) is 13.5. The summed E-state index contributed by atoms with van der Waals surface area (Å²) in [7, 11) is 0. The van der Waals surface area contributed by atoms with E-state index in [2.05, 4.69) is 15.5 Å². The van der Waals surface area contributed by atoms with E-state index in [-0.39, 0.29) is 18.3 Å². The molecule has 0 atom stereocenters. The van der Waals surface area contributed by atoms with Gasteiger partial charge in [0.15, 0.2) is 0 Å². The van der Waals surface area contributed by atoms with E-state index in [1.807, 2.05) is 38.1 Å². The molecule has 0 bridgehead atoms. The third kappa shape index (κ3) is 3.64. The molecule has 0 spiro atoms. The number of aromatic nitrogens is 2. The molecule has 3 N–H and O–H groups in total. The van der Waals surface area contributed by atoms with E-state index in [0.717, 1.165) is 11.3 Å². The molecular formula is C15H21ClN4O2. The Labute approximate surface area is 135 Å². The van der Waals surface area contributed by atoms with E-state index < -0.39 is 5.41 Å². The van der Waals surface area contributed by atoms with Gasteiger partial charge in [-0.25, -0.2) is 0 Å². The van der Waals surface area contributed by atoms with Crippen LogP contribution in [0, 0.1) is 5.41 Å². The summed E-state index contributed by atoms with van der Waals surface area (Å²) in [4.78, 5) is 16.4. The highest BCUT2D eigenvalue weighted by atomic mass is 35.5. The van der Waals surface area contributed by atoms with Crippen molar-refractivity contribution in [2.45, 2.75) is 26.7 Å². The van der Waals surface area contributed by atoms with Crippen LogP contribution in [0.2, 0.25) is 0 Å². The third-order valence-corrected chi connectivity index (χ3v) is 3.99. The summed E-state index contributed by atoms with van der Waals surface area (Å²) in [5.41, 5.74) is 6.84. The minimum Gasteiger partial charge on any atom is -0.342 e. The number of rotatable bonds is 6. The maximum atomic E-state index is 12.4. The summed E-state index contributed by atoms with van der Waals surface area (Å²) in [6, 6.07) is 7.30. The fraction of sp³-hybridized carbons (Fsp3) is 0.400. The molecule has 1 aromatic heterocycles. The number of nitrogens with one attached hydrogen (secondary N) is 1. The van der Waals surface area contributed by atoms with Crippen LogP contribution in [0.5, 0.6) is 0 Å². The second-order valence-corrected chi connectivity index (χ2v) is 4.98. The third-order valence-electron chi connectivity index (χ3n) is 3.99. The van der Waals surface area contributed by atoms with E-state index in [0.29, 0.717) is 25.2 Å². The minimum atomic E-state index is -0.508. The monoisotopic (exact) mass is 324 g/mol. The van der Waals surface area contributed by atoms with Gasteiger partial charge in [-0.05, 0) is 37.1 Å². The Morgan fingerprint density at radius 2 is 1.91 bits per heavy atom. The molecule has 7 heteroatoms. The van der Waals surface area contributed by atoms with Crippen LogP contribution in [-0.2, 0) is 4.79 Å². The zero-order chi connectivity index (χ0) is 15.3. The number of carbonyl (C=O) groups excluding carboxylic acids is 1. The standard InChI is InChI=1S/C15H20N4O2.ClH/c1-3-15(4-2,9-16)14(20)18-12-7-5-11(6-8-12)13-17-10-21-19-13;/h5-8,10H,3-4,9,16H2,1-2H3,(H,18,20);1H. The SMILES string of the molecule is CCC(CC)(CN)C(=O)Nc1ccc(-c2ncon2)cc1.Cl. The highest BCUT2D eigenvalue weighted by molar-refractivity contribution is 5.95. The molecule has 22 heavy (non-hydrogen) atoms. The molecule has 0 radical (unpaired) electrons. The lowest BCUT2D eigenvalue weighted by Crippen LogP contribution is -2.41. The van der Waals surface area contributed by atoms with E-state index in [1.54, 1.807) is 0 Å². The van der Waals surface area contributed by atoms with Crippen molar-refractivity contribution in [3.05, 3.63) is 30.7 Å². The van der Waals surface area contributed by atoms with Crippen LogP contribution >= 0.6 is 12.4 Å². The van der Waals surface area contributed by atoms with Crippen molar-refractivity contribution in [1.29, 1.82) is 0 Å². The first kappa shape index (κ1) is 18.1. The lowest BCUT2D eigenvalue weighted by molar-refractivity contribution is -0.125. The van der Waals surface area contributed by atoms with Crippen molar-refractivity contribution in [1.82, 2.24) is 10.1 Å². The predicted molar refractivity (Wildman–Crippen MR) is 87.7 cm³/mol. The van der Waals surface area contributed by atoms with Crippen molar-refractivity contribution in [2.75, 3.05) is 11.9 Å². The summed E-state index contributed by atoms with van der Waals surface area (Å²) in [6.07, 6.45) is 2.71. The molecule has 0 aliphatic heterocycles. The lowest BCUT2D eigenvalue weighted by Gasteiger charge is -2.28. The van der Waals surface area contributed by atoms with Crippen LogP contribution in [0.15, 0.2) is 35.2 Å². The Balaban J connectivity index is 0.00000242. The van der Waals surface area contributed by atoms with Crippen LogP contribution in [-0.4, -0.2) is 22.6 Å². The number of nitrogens with zero attached hydrogens (tertiary/aromatic N) is 2. The number of benzene rings is 1. The number of hydrogen-bond donors (Lipinski definition) is 2. The fourth-order valence-electron chi connectivity index (χ4n) is 2.22. The first-order chi connectivity index (χ1) is 10.1. The second-order valence-electron chi connectivity index (χ2n) is 4.98. The van der Waals surface area contributed by atoms with Gasteiger partial charge in [-0.3, -0.25) is 4.79 Å². The van der Waals surface area contributed by atoms with Crippen LogP contribution < -0.4 is 11.1 Å². The number of nitrogens with two attached hydrogens (primary N) is 1.